The summed E-state index contributed by atoms with van der Waals surface area (Å²) in [6.07, 6.45) is -14.9. The summed E-state index contributed by atoms with van der Waals surface area (Å²) in [5.41, 5.74) is 0.518. The van der Waals surface area contributed by atoms with Crippen molar-refractivity contribution in [3.63, 3.8) is 0 Å². The van der Waals surface area contributed by atoms with E-state index in [1.165, 1.54) is 0 Å². The van der Waals surface area contributed by atoms with Gasteiger partial charge in [0, 0.05) is 11.8 Å². The number of hydrogen-bond acceptors (Lipinski definition) is 3. The van der Waals surface area contributed by atoms with E-state index in [0.29, 0.717) is 10.7 Å². The number of rotatable bonds is 5. The number of alkyl halides is 7. The summed E-state index contributed by atoms with van der Waals surface area (Å²) in [5, 5.41) is 1.95. The van der Waals surface area contributed by atoms with Crippen molar-refractivity contribution in [3.05, 3.63) is 16.1 Å². The smallest absolute Gasteiger partial charge is 0.361 e. The number of thiazole rings is 1. The lowest BCUT2D eigenvalue weighted by Gasteiger charge is -2.22. The van der Waals surface area contributed by atoms with E-state index < -0.39 is 25.1 Å². The topological polar surface area (TPSA) is 22.1 Å². The van der Waals surface area contributed by atoms with Gasteiger partial charge in [-0.3, -0.25) is 0 Å². The molecule has 1 rings (SSSR count). The van der Waals surface area contributed by atoms with Crippen LogP contribution in [0, 0.1) is 0 Å². The maximum absolute atomic E-state index is 12.1. The van der Waals surface area contributed by atoms with Gasteiger partial charge in [-0.25, -0.2) is 4.98 Å². The summed E-state index contributed by atoms with van der Waals surface area (Å²) in [4.78, 5) is 3.89. The highest BCUT2D eigenvalue weighted by atomic mass is 35.5. The highest BCUT2D eigenvalue weighted by Gasteiger charge is 2.57. The van der Waals surface area contributed by atoms with E-state index in [-0.39, 0.29) is 12.3 Å². The first-order valence-corrected chi connectivity index (χ1v) is 6.30. The van der Waals surface area contributed by atoms with Crippen LogP contribution in [0.15, 0.2) is 5.38 Å². The van der Waals surface area contributed by atoms with Crippen LogP contribution in [-0.2, 0) is 17.0 Å². The molecule has 0 aliphatic heterocycles. The minimum atomic E-state index is -5.48. The van der Waals surface area contributed by atoms with Crippen LogP contribution < -0.4 is 0 Å². The molecule has 0 saturated heterocycles. The second-order valence-electron chi connectivity index (χ2n) is 3.45. The molecule has 0 aliphatic carbocycles. The average Bonchev–Trinajstić information content (AvgIpc) is 2.68. The molecule has 19 heavy (non-hydrogen) atoms. The molecule has 0 unspecified atom stereocenters. The Hall–Kier alpha value is -0.540. The van der Waals surface area contributed by atoms with Gasteiger partial charge in [-0.05, 0) is 0 Å². The van der Waals surface area contributed by atoms with E-state index in [0.717, 1.165) is 11.3 Å². The molecule has 0 amide bonds. The number of halogens is 7. The third kappa shape index (κ3) is 5.15. The highest BCUT2D eigenvalue weighted by Crippen LogP contribution is 2.35. The molecule has 1 aromatic heterocycles. The number of hydrogen-bond donors (Lipinski definition) is 0. The molecule has 0 spiro atoms. The van der Waals surface area contributed by atoms with Gasteiger partial charge in [-0.2, -0.15) is 26.3 Å². The molecule has 0 aromatic carbocycles. The van der Waals surface area contributed by atoms with Crippen molar-refractivity contribution >= 4 is 22.9 Å². The van der Waals surface area contributed by atoms with Crippen molar-refractivity contribution in [2.24, 2.45) is 0 Å². The largest absolute Gasteiger partial charge is 0.423 e. The van der Waals surface area contributed by atoms with Gasteiger partial charge in [-0.15, -0.1) is 22.9 Å². The standard InChI is InChI=1S/C9H8ClF6NOS/c10-3-5-4-19-6(17-5)1-2-18-7(8(11,12)13)9(14,15)16/h4,7H,1-3H2. The molecule has 0 atom stereocenters. The molecule has 0 aliphatic rings. The molecular weight excluding hydrogens is 320 g/mol. The summed E-state index contributed by atoms with van der Waals surface area (Å²) in [6.45, 7) is -0.723. The SMILES string of the molecule is FC(F)(F)C(OCCc1nc(CCl)cs1)C(F)(F)F. The zero-order chi connectivity index (χ0) is 14.7. The predicted octanol–water partition coefficient (Wildman–Crippen LogP) is 3.93. The first kappa shape index (κ1) is 16.5. The third-order valence-electron chi connectivity index (χ3n) is 1.93. The lowest BCUT2D eigenvalue weighted by Crippen LogP contribution is -2.44. The van der Waals surface area contributed by atoms with Gasteiger partial charge < -0.3 is 4.74 Å². The molecule has 0 fully saturated rings. The van der Waals surface area contributed by atoms with Crippen LogP contribution in [0.25, 0.3) is 0 Å². The third-order valence-corrected chi connectivity index (χ3v) is 3.16. The Labute approximate surface area is 113 Å². The molecule has 110 valence electrons. The van der Waals surface area contributed by atoms with Gasteiger partial charge in [0.2, 0.25) is 6.10 Å². The molecular formula is C9H8ClF6NOS. The molecule has 1 aromatic rings. The lowest BCUT2D eigenvalue weighted by atomic mass is 10.3. The quantitative estimate of drug-likeness (QED) is 0.604. The van der Waals surface area contributed by atoms with E-state index in [1.807, 2.05) is 0 Å². The second-order valence-corrected chi connectivity index (χ2v) is 4.66. The Morgan fingerprint density at radius 1 is 1.21 bits per heavy atom. The van der Waals surface area contributed by atoms with Gasteiger partial charge in [-0.1, -0.05) is 0 Å². The molecule has 0 radical (unpaired) electrons. The number of ether oxygens (including phenoxy) is 1. The van der Waals surface area contributed by atoms with Crippen LogP contribution in [0.2, 0.25) is 0 Å². The maximum atomic E-state index is 12.1. The van der Waals surface area contributed by atoms with E-state index in [4.69, 9.17) is 11.6 Å². The predicted molar refractivity (Wildman–Crippen MR) is 57.2 cm³/mol. The normalized spacial score (nSPS) is 13.3. The van der Waals surface area contributed by atoms with Gasteiger partial charge in [0.15, 0.2) is 0 Å². The van der Waals surface area contributed by atoms with Crippen molar-refractivity contribution in [1.29, 1.82) is 0 Å². The Morgan fingerprint density at radius 2 is 1.79 bits per heavy atom. The van der Waals surface area contributed by atoms with Gasteiger partial charge in [0.1, 0.15) is 0 Å². The summed E-state index contributed by atoms with van der Waals surface area (Å²) in [7, 11) is 0. The van der Waals surface area contributed by atoms with Gasteiger partial charge >= 0.3 is 12.4 Å². The molecule has 0 bridgehead atoms. The zero-order valence-corrected chi connectivity index (χ0v) is 10.8. The van der Waals surface area contributed by atoms with Crippen LogP contribution >= 0.6 is 22.9 Å². The summed E-state index contributed by atoms with van der Waals surface area (Å²) in [6, 6.07) is 0. The van der Waals surface area contributed by atoms with Crippen molar-refractivity contribution in [3.8, 4) is 0 Å². The fourth-order valence-corrected chi connectivity index (χ4v) is 2.17. The Kier molecular flexibility index (Phi) is 5.45. The molecule has 2 nitrogen and oxygen atoms in total. The Morgan fingerprint density at radius 3 is 2.21 bits per heavy atom. The zero-order valence-electron chi connectivity index (χ0n) is 9.19. The maximum Gasteiger partial charge on any atom is 0.423 e. The fourth-order valence-electron chi connectivity index (χ4n) is 1.16. The van der Waals surface area contributed by atoms with Crippen LogP contribution in [0.4, 0.5) is 26.3 Å². The van der Waals surface area contributed by atoms with Crippen molar-refractivity contribution in [2.45, 2.75) is 30.8 Å². The number of nitrogens with zero attached hydrogens (tertiary/aromatic N) is 1. The lowest BCUT2D eigenvalue weighted by molar-refractivity contribution is -0.321. The molecule has 10 heteroatoms. The summed E-state index contributed by atoms with van der Waals surface area (Å²) < 4.78 is 76.7. The van der Waals surface area contributed by atoms with Crippen molar-refractivity contribution in [1.82, 2.24) is 4.98 Å². The molecule has 1 heterocycles. The van der Waals surface area contributed by atoms with Gasteiger partial charge in [0.25, 0.3) is 0 Å². The minimum Gasteiger partial charge on any atom is -0.361 e. The van der Waals surface area contributed by atoms with Crippen LogP contribution in [0.3, 0.4) is 0 Å². The molecule has 0 saturated carbocycles. The Bertz CT molecular complexity index is 390. The van der Waals surface area contributed by atoms with E-state index in [9.17, 15) is 26.3 Å². The van der Waals surface area contributed by atoms with Crippen molar-refractivity contribution < 1.29 is 31.1 Å². The Balaban J connectivity index is 2.53. The summed E-state index contributed by atoms with van der Waals surface area (Å²) >= 11 is 6.56. The van der Waals surface area contributed by atoms with E-state index in [2.05, 4.69) is 9.72 Å². The molecule has 0 N–H and O–H groups in total. The fraction of sp³-hybridized carbons (Fsp3) is 0.667. The monoisotopic (exact) mass is 327 g/mol. The van der Waals surface area contributed by atoms with Gasteiger partial charge in [0.05, 0.1) is 23.2 Å². The average molecular weight is 328 g/mol. The second kappa shape index (κ2) is 6.27. The first-order chi connectivity index (χ1) is 8.64. The highest BCUT2D eigenvalue weighted by molar-refractivity contribution is 7.09. The number of aromatic nitrogens is 1. The van der Waals surface area contributed by atoms with Crippen molar-refractivity contribution in [2.75, 3.05) is 6.61 Å². The minimum absolute atomic E-state index is 0.130. The first-order valence-electron chi connectivity index (χ1n) is 4.89. The summed E-state index contributed by atoms with van der Waals surface area (Å²) in [5.74, 6) is 0.130. The van der Waals surface area contributed by atoms with Crippen LogP contribution in [0.5, 0.6) is 0 Å². The van der Waals surface area contributed by atoms with Crippen LogP contribution in [0.1, 0.15) is 10.7 Å². The van der Waals surface area contributed by atoms with E-state index in [1.54, 1.807) is 5.38 Å². The van der Waals surface area contributed by atoms with E-state index >= 15 is 0 Å². The van der Waals surface area contributed by atoms with Crippen LogP contribution in [-0.4, -0.2) is 30.0 Å².